The average Bonchev–Trinajstić information content (AvgIpc) is 3.44. The van der Waals surface area contributed by atoms with Gasteiger partial charge in [0.15, 0.2) is 0 Å². The first-order valence-electron chi connectivity index (χ1n) is 8.20. The summed E-state index contributed by atoms with van der Waals surface area (Å²) < 4.78 is 54.0. The Morgan fingerprint density at radius 3 is 1.96 bits per heavy atom. The molecule has 0 aromatic heterocycles. The topological polar surface area (TPSA) is 118 Å². The molecule has 2 aromatic rings. The van der Waals surface area contributed by atoms with E-state index in [0.29, 0.717) is 0 Å². The van der Waals surface area contributed by atoms with Crippen LogP contribution in [0.3, 0.4) is 0 Å². The summed E-state index contributed by atoms with van der Waals surface area (Å²) in [6.45, 7) is 0.0373. The summed E-state index contributed by atoms with van der Waals surface area (Å²) in [5.74, 6) is 0. The van der Waals surface area contributed by atoms with Crippen LogP contribution >= 0.6 is 0 Å². The number of benzene rings is 2. The smallest absolute Gasteiger partial charge is 0.240 e. The standard InChI is InChI=1S/C17H21N3O4S2/c18-17(13-4-2-1-3-5-13)12-19-25(21,22)15-8-10-16(11-9-15)26(23,24)20-14-6-7-14/h1-5,8-11,14,17,19-20H,6-7,12,18H2. The van der Waals surface area contributed by atoms with Crippen molar-refractivity contribution in [2.24, 2.45) is 5.73 Å². The lowest BCUT2D eigenvalue weighted by molar-refractivity contribution is 0.571. The first kappa shape index (κ1) is 19.0. The van der Waals surface area contributed by atoms with Gasteiger partial charge in [0.1, 0.15) is 0 Å². The van der Waals surface area contributed by atoms with Crippen molar-refractivity contribution < 1.29 is 16.8 Å². The van der Waals surface area contributed by atoms with Crippen LogP contribution in [0.15, 0.2) is 64.4 Å². The lowest BCUT2D eigenvalue weighted by atomic mass is 10.1. The Hall–Kier alpha value is -1.78. The molecule has 140 valence electrons. The van der Waals surface area contributed by atoms with E-state index >= 15 is 0 Å². The van der Waals surface area contributed by atoms with Crippen LogP contribution in [0.25, 0.3) is 0 Å². The minimum absolute atomic E-state index is 0.00968. The number of hydrogen-bond acceptors (Lipinski definition) is 5. The Kier molecular flexibility index (Phi) is 5.44. The van der Waals surface area contributed by atoms with Crippen molar-refractivity contribution >= 4 is 20.0 Å². The molecule has 2 aromatic carbocycles. The van der Waals surface area contributed by atoms with Gasteiger partial charge in [-0.3, -0.25) is 0 Å². The molecule has 0 saturated heterocycles. The van der Waals surface area contributed by atoms with E-state index in [1.165, 1.54) is 24.3 Å². The molecule has 0 bridgehead atoms. The molecular weight excluding hydrogens is 374 g/mol. The van der Waals surface area contributed by atoms with Crippen molar-refractivity contribution in [2.45, 2.75) is 34.7 Å². The molecular formula is C17H21N3O4S2. The van der Waals surface area contributed by atoms with E-state index in [-0.39, 0.29) is 22.4 Å². The van der Waals surface area contributed by atoms with E-state index in [4.69, 9.17) is 5.73 Å². The Balaban J connectivity index is 1.67. The number of rotatable bonds is 8. The van der Waals surface area contributed by atoms with E-state index in [2.05, 4.69) is 9.44 Å². The molecule has 1 aliphatic carbocycles. The molecule has 26 heavy (non-hydrogen) atoms. The average molecular weight is 396 g/mol. The Labute approximate surface area is 153 Å². The van der Waals surface area contributed by atoms with Crippen molar-refractivity contribution in [3.8, 4) is 0 Å². The molecule has 4 N–H and O–H groups in total. The van der Waals surface area contributed by atoms with Gasteiger partial charge >= 0.3 is 0 Å². The zero-order chi connectivity index (χ0) is 18.8. The van der Waals surface area contributed by atoms with Crippen molar-refractivity contribution in [3.05, 3.63) is 60.2 Å². The van der Waals surface area contributed by atoms with Crippen LogP contribution in [0.5, 0.6) is 0 Å². The van der Waals surface area contributed by atoms with Gasteiger partial charge in [0.2, 0.25) is 20.0 Å². The number of sulfonamides is 2. The first-order valence-corrected chi connectivity index (χ1v) is 11.2. The van der Waals surface area contributed by atoms with Crippen LogP contribution in [0.1, 0.15) is 24.4 Å². The fourth-order valence-electron chi connectivity index (χ4n) is 2.39. The quantitative estimate of drug-likeness (QED) is 0.619. The second-order valence-corrected chi connectivity index (χ2v) is 9.72. The molecule has 3 rings (SSSR count). The van der Waals surface area contributed by atoms with Gasteiger partial charge in [0, 0.05) is 18.6 Å². The molecule has 1 aliphatic rings. The summed E-state index contributed by atoms with van der Waals surface area (Å²) in [5.41, 5.74) is 6.82. The molecule has 1 atom stereocenters. The maximum atomic E-state index is 12.4. The van der Waals surface area contributed by atoms with Gasteiger partial charge in [0.25, 0.3) is 0 Å². The largest absolute Gasteiger partial charge is 0.323 e. The number of hydrogen-bond donors (Lipinski definition) is 3. The maximum absolute atomic E-state index is 12.4. The predicted molar refractivity (Wildman–Crippen MR) is 98.3 cm³/mol. The molecule has 1 saturated carbocycles. The van der Waals surface area contributed by atoms with Crippen LogP contribution in [0, 0.1) is 0 Å². The second-order valence-electron chi connectivity index (χ2n) is 6.24. The molecule has 1 unspecified atom stereocenters. The van der Waals surface area contributed by atoms with Crippen molar-refractivity contribution in [3.63, 3.8) is 0 Å². The minimum atomic E-state index is -3.78. The zero-order valence-corrected chi connectivity index (χ0v) is 15.6. The summed E-state index contributed by atoms with van der Waals surface area (Å²) in [4.78, 5) is 0.0347. The molecule has 7 nitrogen and oxygen atoms in total. The van der Waals surface area contributed by atoms with Crippen molar-refractivity contribution in [1.82, 2.24) is 9.44 Å². The van der Waals surface area contributed by atoms with Crippen molar-refractivity contribution in [2.75, 3.05) is 6.54 Å². The van der Waals surface area contributed by atoms with Gasteiger partial charge in [-0.15, -0.1) is 0 Å². The maximum Gasteiger partial charge on any atom is 0.240 e. The van der Waals surface area contributed by atoms with Crippen LogP contribution in [-0.4, -0.2) is 29.4 Å². The fraction of sp³-hybridized carbons (Fsp3) is 0.294. The van der Waals surface area contributed by atoms with Gasteiger partial charge in [-0.1, -0.05) is 30.3 Å². The molecule has 0 spiro atoms. The zero-order valence-electron chi connectivity index (χ0n) is 14.0. The predicted octanol–water partition coefficient (Wildman–Crippen LogP) is 1.11. The highest BCUT2D eigenvalue weighted by molar-refractivity contribution is 7.90. The summed E-state index contributed by atoms with van der Waals surface area (Å²) >= 11 is 0. The summed E-state index contributed by atoms with van der Waals surface area (Å²) in [6.07, 6.45) is 1.66. The van der Waals surface area contributed by atoms with E-state index in [1.54, 1.807) is 0 Å². The molecule has 0 radical (unpaired) electrons. The van der Waals surface area contributed by atoms with Gasteiger partial charge in [-0.2, -0.15) is 0 Å². The Morgan fingerprint density at radius 2 is 1.42 bits per heavy atom. The summed E-state index contributed by atoms with van der Waals surface area (Å²) in [6, 6.07) is 13.8. The van der Waals surface area contributed by atoms with Gasteiger partial charge < -0.3 is 5.73 Å². The van der Waals surface area contributed by atoms with Crippen LogP contribution in [0.2, 0.25) is 0 Å². The minimum Gasteiger partial charge on any atom is -0.323 e. The normalized spacial score (nSPS) is 16.3. The number of nitrogens with one attached hydrogen (secondary N) is 2. The fourth-order valence-corrected chi connectivity index (χ4v) is 4.75. The van der Waals surface area contributed by atoms with Gasteiger partial charge in [-0.25, -0.2) is 26.3 Å². The highest BCUT2D eigenvalue weighted by atomic mass is 32.2. The van der Waals surface area contributed by atoms with Gasteiger partial charge in [-0.05, 0) is 42.7 Å². The third kappa shape index (κ3) is 4.68. The third-order valence-electron chi connectivity index (χ3n) is 4.06. The van der Waals surface area contributed by atoms with Crippen LogP contribution < -0.4 is 15.2 Å². The summed E-state index contributed by atoms with van der Waals surface area (Å²) in [7, 11) is -7.39. The molecule has 1 fully saturated rings. The molecule has 0 amide bonds. The van der Waals surface area contributed by atoms with Crippen LogP contribution in [-0.2, 0) is 20.0 Å². The second kappa shape index (κ2) is 7.45. The highest BCUT2D eigenvalue weighted by Gasteiger charge is 2.28. The van der Waals surface area contributed by atoms with E-state index in [1.807, 2.05) is 30.3 Å². The van der Waals surface area contributed by atoms with Gasteiger partial charge in [0.05, 0.1) is 9.79 Å². The van der Waals surface area contributed by atoms with E-state index in [9.17, 15) is 16.8 Å². The lowest BCUT2D eigenvalue weighted by Gasteiger charge is -2.14. The Morgan fingerprint density at radius 1 is 0.885 bits per heavy atom. The SMILES string of the molecule is NC(CNS(=O)(=O)c1ccc(S(=O)(=O)NC2CC2)cc1)c1ccccc1. The molecule has 0 heterocycles. The summed E-state index contributed by atoms with van der Waals surface area (Å²) in [5, 5.41) is 0. The highest BCUT2D eigenvalue weighted by Crippen LogP contribution is 2.22. The Bertz CT molecular complexity index is 955. The van der Waals surface area contributed by atoms with E-state index in [0.717, 1.165) is 18.4 Å². The van der Waals surface area contributed by atoms with Crippen molar-refractivity contribution in [1.29, 1.82) is 0 Å². The lowest BCUT2D eigenvalue weighted by Crippen LogP contribution is -2.32. The van der Waals surface area contributed by atoms with Crippen LogP contribution in [0.4, 0.5) is 0 Å². The monoisotopic (exact) mass is 395 g/mol. The van der Waals surface area contributed by atoms with E-state index < -0.39 is 26.1 Å². The molecule has 0 aliphatic heterocycles. The third-order valence-corrected chi connectivity index (χ3v) is 7.04. The first-order chi connectivity index (χ1) is 12.3. The molecule has 9 heteroatoms. The number of nitrogens with two attached hydrogens (primary N) is 1.